The summed E-state index contributed by atoms with van der Waals surface area (Å²) in [6.45, 7) is 5.24. The molecule has 1 atom stereocenters. The van der Waals surface area contributed by atoms with Crippen LogP contribution in [0.3, 0.4) is 0 Å². The molecule has 0 bridgehead atoms. The number of ether oxygens (including phenoxy) is 1. The maximum Gasteiger partial charge on any atom is 0.330 e. The molecule has 0 spiro atoms. The Hall–Kier alpha value is -0.830. The van der Waals surface area contributed by atoms with Gasteiger partial charge in [0.15, 0.2) is 0 Å². The fourth-order valence-corrected chi connectivity index (χ4v) is 2.40. The summed E-state index contributed by atoms with van der Waals surface area (Å²) in [6.07, 6.45) is 10.2. The zero-order chi connectivity index (χ0) is 12.5. The minimum absolute atomic E-state index is 0.250. The van der Waals surface area contributed by atoms with E-state index in [0.717, 1.165) is 12.5 Å². The number of rotatable bonds is 6. The quantitative estimate of drug-likeness (QED) is 0.572. The second-order valence-corrected chi connectivity index (χ2v) is 4.75. The van der Waals surface area contributed by atoms with Crippen molar-refractivity contribution in [2.24, 2.45) is 5.92 Å². The van der Waals surface area contributed by atoms with Crippen LogP contribution >= 0.6 is 0 Å². The largest absolute Gasteiger partial charge is 0.463 e. The summed E-state index contributed by atoms with van der Waals surface area (Å²) < 4.78 is 4.81. The van der Waals surface area contributed by atoms with Gasteiger partial charge in [-0.3, -0.25) is 0 Å². The number of nitrogens with one attached hydrogen (secondary N) is 1. The molecule has 1 N–H and O–H groups in total. The van der Waals surface area contributed by atoms with Gasteiger partial charge in [-0.25, -0.2) is 4.79 Å². The summed E-state index contributed by atoms with van der Waals surface area (Å²) in [5.74, 6) is 0.555. The molecule has 0 radical (unpaired) electrons. The molecule has 1 aliphatic carbocycles. The van der Waals surface area contributed by atoms with Crippen LogP contribution in [-0.2, 0) is 9.53 Å². The summed E-state index contributed by atoms with van der Waals surface area (Å²) in [6, 6.07) is 0.544. The highest BCUT2D eigenvalue weighted by atomic mass is 16.5. The summed E-state index contributed by atoms with van der Waals surface area (Å²) in [7, 11) is 0. The van der Waals surface area contributed by atoms with Crippen molar-refractivity contribution in [1.82, 2.24) is 5.32 Å². The lowest BCUT2D eigenvalue weighted by molar-refractivity contribution is -0.137. The van der Waals surface area contributed by atoms with Gasteiger partial charge in [-0.1, -0.05) is 25.3 Å². The average Bonchev–Trinajstić information content (AvgIpc) is 2.36. The molecule has 1 fully saturated rings. The fourth-order valence-electron chi connectivity index (χ4n) is 2.40. The van der Waals surface area contributed by atoms with Crippen LogP contribution in [0.5, 0.6) is 0 Å². The maximum absolute atomic E-state index is 11.1. The Morgan fingerprint density at radius 3 is 2.76 bits per heavy atom. The third-order valence-corrected chi connectivity index (χ3v) is 3.46. The van der Waals surface area contributed by atoms with Gasteiger partial charge < -0.3 is 10.1 Å². The number of hydrogen-bond donors (Lipinski definition) is 1. The van der Waals surface area contributed by atoms with Crippen LogP contribution in [0.1, 0.15) is 46.0 Å². The van der Waals surface area contributed by atoms with Gasteiger partial charge in [-0.15, -0.1) is 0 Å². The van der Waals surface area contributed by atoms with Gasteiger partial charge in [0, 0.05) is 18.7 Å². The van der Waals surface area contributed by atoms with E-state index in [9.17, 15) is 4.79 Å². The van der Waals surface area contributed by atoms with Crippen molar-refractivity contribution >= 4 is 5.97 Å². The molecule has 0 unspecified atom stereocenters. The molecule has 3 heteroatoms. The number of carbonyl (C=O) groups is 1. The van der Waals surface area contributed by atoms with Crippen LogP contribution < -0.4 is 5.32 Å². The van der Waals surface area contributed by atoms with Crippen molar-refractivity contribution in [2.45, 2.75) is 52.0 Å². The first kappa shape index (κ1) is 14.2. The van der Waals surface area contributed by atoms with E-state index in [-0.39, 0.29) is 5.97 Å². The summed E-state index contributed by atoms with van der Waals surface area (Å²) in [4.78, 5) is 11.1. The molecule has 0 aromatic carbocycles. The lowest BCUT2D eigenvalue weighted by atomic mass is 9.84. The van der Waals surface area contributed by atoms with Gasteiger partial charge in [0.05, 0.1) is 6.61 Å². The fraction of sp³-hybridized carbons (Fsp3) is 0.786. The average molecular weight is 239 g/mol. The molecular weight excluding hydrogens is 214 g/mol. The normalized spacial score (nSPS) is 19.4. The van der Waals surface area contributed by atoms with Gasteiger partial charge in [0.25, 0.3) is 0 Å². The molecule has 0 aliphatic heterocycles. The lowest BCUT2D eigenvalue weighted by Gasteiger charge is -2.28. The zero-order valence-corrected chi connectivity index (χ0v) is 11.1. The van der Waals surface area contributed by atoms with Gasteiger partial charge in [0.1, 0.15) is 0 Å². The minimum Gasteiger partial charge on any atom is -0.463 e. The van der Waals surface area contributed by atoms with Crippen LogP contribution in [0.25, 0.3) is 0 Å². The Morgan fingerprint density at radius 1 is 1.41 bits per heavy atom. The molecule has 1 saturated carbocycles. The van der Waals surface area contributed by atoms with Crippen LogP contribution in [0.15, 0.2) is 12.2 Å². The van der Waals surface area contributed by atoms with Crippen molar-refractivity contribution in [1.29, 1.82) is 0 Å². The predicted octanol–water partition coefficient (Wildman–Crippen LogP) is 2.66. The molecule has 0 saturated heterocycles. The van der Waals surface area contributed by atoms with Crippen molar-refractivity contribution in [3.8, 4) is 0 Å². The SMILES string of the molecule is CCOC(=O)/C=C/CN[C@H](C)C1CCCCC1. The molecule has 1 aliphatic rings. The van der Waals surface area contributed by atoms with Crippen LogP contribution in [0.2, 0.25) is 0 Å². The maximum atomic E-state index is 11.1. The molecule has 0 aromatic heterocycles. The molecular formula is C14H25NO2. The van der Waals surface area contributed by atoms with Crippen LogP contribution in [-0.4, -0.2) is 25.2 Å². The Kier molecular flexibility index (Phi) is 6.94. The molecule has 98 valence electrons. The van der Waals surface area contributed by atoms with Crippen molar-refractivity contribution in [3.63, 3.8) is 0 Å². The van der Waals surface area contributed by atoms with Crippen LogP contribution in [0, 0.1) is 5.92 Å². The summed E-state index contributed by atoms with van der Waals surface area (Å²) >= 11 is 0. The molecule has 3 nitrogen and oxygen atoms in total. The number of esters is 1. The van der Waals surface area contributed by atoms with E-state index in [1.807, 2.05) is 13.0 Å². The van der Waals surface area contributed by atoms with Gasteiger partial charge in [-0.2, -0.15) is 0 Å². The second-order valence-electron chi connectivity index (χ2n) is 4.75. The molecule has 0 amide bonds. The highest BCUT2D eigenvalue weighted by Crippen LogP contribution is 2.26. The van der Waals surface area contributed by atoms with E-state index in [1.165, 1.54) is 38.2 Å². The molecule has 0 aromatic rings. The van der Waals surface area contributed by atoms with E-state index in [4.69, 9.17) is 4.74 Å². The Balaban J connectivity index is 2.14. The Labute approximate surface area is 105 Å². The summed E-state index contributed by atoms with van der Waals surface area (Å²) in [5, 5.41) is 3.46. The molecule has 1 rings (SSSR count). The van der Waals surface area contributed by atoms with Crippen molar-refractivity contribution < 1.29 is 9.53 Å². The number of carbonyl (C=O) groups excluding carboxylic acids is 1. The van der Waals surface area contributed by atoms with E-state index in [1.54, 1.807) is 0 Å². The topological polar surface area (TPSA) is 38.3 Å². The first-order valence-electron chi connectivity index (χ1n) is 6.80. The first-order valence-corrected chi connectivity index (χ1v) is 6.80. The zero-order valence-electron chi connectivity index (χ0n) is 11.1. The van der Waals surface area contributed by atoms with E-state index < -0.39 is 0 Å². The van der Waals surface area contributed by atoms with E-state index in [0.29, 0.717) is 12.6 Å². The number of hydrogen-bond acceptors (Lipinski definition) is 3. The Bertz CT molecular complexity index is 245. The highest BCUT2D eigenvalue weighted by molar-refractivity contribution is 5.81. The highest BCUT2D eigenvalue weighted by Gasteiger charge is 2.18. The van der Waals surface area contributed by atoms with Gasteiger partial charge in [-0.05, 0) is 32.6 Å². The summed E-state index contributed by atoms with van der Waals surface area (Å²) in [5.41, 5.74) is 0. The van der Waals surface area contributed by atoms with E-state index >= 15 is 0 Å². The van der Waals surface area contributed by atoms with Gasteiger partial charge in [0.2, 0.25) is 0 Å². The Morgan fingerprint density at radius 2 is 2.12 bits per heavy atom. The van der Waals surface area contributed by atoms with Gasteiger partial charge >= 0.3 is 5.97 Å². The monoisotopic (exact) mass is 239 g/mol. The second kappa shape index (κ2) is 8.29. The minimum atomic E-state index is -0.250. The lowest BCUT2D eigenvalue weighted by Crippen LogP contribution is -2.34. The van der Waals surface area contributed by atoms with Crippen molar-refractivity contribution in [2.75, 3.05) is 13.2 Å². The van der Waals surface area contributed by atoms with E-state index in [2.05, 4.69) is 12.2 Å². The third-order valence-electron chi connectivity index (χ3n) is 3.46. The standard InChI is InChI=1S/C14H25NO2/c1-3-17-14(16)10-7-11-15-12(2)13-8-5-4-6-9-13/h7,10,12-13,15H,3-6,8-9,11H2,1-2H3/b10-7+/t12-/m1/s1. The molecule has 0 heterocycles. The van der Waals surface area contributed by atoms with Crippen LogP contribution in [0.4, 0.5) is 0 Å². The smallest absolute Gasteiger partial charge is 0.330 e. The first-order chi connectivity index (χ1) is 8.24. The van der Waals surface area contributed by atoms with Crippen molar-refractivity contribution in [3.05, 3.63) is 12.2 Å². The molecule has 17 heavy (non-hydrogen) atoms. The third kappa shape index (κ3) is 5.87. The predicted molar refractivity (Wildman–Crippen MR) is 69.8 cm³/mol.